The number of fused-ring (bicyclic) bond motifs is 1. The van der Waals surface area contributed by atoms with Crippen LogP contribution in [-0.4, -0.2) is 11.2 Å². The van der Waals surface area contributed by atoms with Crippen LogP contribution in [0.15, 0.2) is 22.5 Å². The van der Waals surface area contributed by atoms with Gasteiger partial charge in [0.25, 0.3) is 0 Å². The van der Waals surface area contributed by atoms with E-state index in [-0.39, 0.29) is 0 Å². The highest BCUT2D eigenvalue weighted by Gasteiger charge is 2.04. The molecule has 1 aromatic carbocycles. The molecule has 0 unspecified atom stereocenters. The molecule has 1 heterocycles. The van der Waals surface area contributed by atoms with Gasteiger partial charge < -0.3 is 0 Å². The van der Waals surface area contributed by atoms with E-state index in [1.54, 1.807) is 23.1 Å². The zero-order valence-electron chi connectivity index (χ0n) is 9.28. The number of hydrogen-bond donors (Lipinski definition) is 0. The lowest BCUT2D eigenvalue weighted by atomic mass is 10.0. The highest BCUT2D eigenvalue weighted by molar-refractivity contribution is 8.00. The van der Waals surface area contributed by atoms with E-state index >= 15 is 0 Å². The lowest BCUT2D eigenvalue weighted by Gasteiger charge is -2.03. The molecule has 80 valence electrons. The first-order valence-electron chi connectivity index (χ1n) is 5.12. The van der Waals surface area contributed by atoms with Crippen LogP contribution in [0.4, 0.5) is 0 Å². The van der Waals surface area contributed by atoms with Crippen molar-refractivity contribution in [2.75, 3.05) is 6.26 Å². The Bertz CT molecular complexity index is 460. The van der Waals surface area contributed by atoms with E-state index in [0.717, 1.165) is 22.2 Å². The van der Waals surface area contributed by atoms with Gasteiger partial charge in [-0.2, -0.15) is 0 Å². The van der Waals surface area contributed by atoms with Gasteiger partial charge in [0, 0.05) is 0 Å². The van der Waals surface area contributed by atoms with Crippen molar-refractivity contribution in [3.05, 3.63) is 23.8 Å². The first kappa shape index (κ1) is 11.0. The summed E-state index contributed by atoms with van der Waals surface area (Å²) in [5.41, 5.74) is 2.56. The molecule has 15 heavy (non-hydrogen) atoms. The summed E-state index contributed by atoms with van der Waals surface area (Å²) in [5.74, 6) is 0.718. The minimum atomic E-state index is 0.718. The standard InChI is InChI=1S/C12H15NS2/c1-8(2)6-9-4-5-10-11(7-9)15-12(13-10)14-3/h4-5,7-8H,6H2,1-3H3. The summed E-state index contributed by atoms with van der Waals surface area (Å²) in [6.07, 6.45) is 3.23. The second kappa shape index (κ2) is 4.54. The van der Waals surface area contributed by atoms with Crippen LogP contribution in [0.25, 0.3) is 10.2 Å². The summed E-state index contributed by atoms with van der Waals surface area (Å²) in [7, 11) is 0. The van der Waals surface area contributed by atoms with E-state index in [2.05, 4.69) is 43.3 Å². The van der Waals surface area contributed by atoms with E-state index in [0.29, 0.717) is 0 Å². The van der Waals surface area contributed by atoms with Crippen molar-refractivity contribution < 1.29 is 0 Å². The molecule has 0 bridgehead atoms. The molecule has 2 rings (SSSR count). The summed E-state index contributed by atoms with van der Waals surface area (Å²) in [6.45, 7) is 4.51. The van der Waals surface area contributed by atoms with Gasteiger partial charge in [-0.3, -0.25) is 0 Å². The van der Waals surface area contributed by atoms with Gasteiger partial charge in [0.15, 0.2) is 4.34 Å². The summed E-state index contributed by atoms with van der Waals surface area (Å²) in [5, 5.41) is 0. The Morgan fingerprint density at radius 3 is 2.87 bits per heavy atom. The van der Waals surface area contributed by atoms with E-state index in [1.165, 1.54) is 10.3 Å². The smallest absolute Gasteiger partial charge is 0.150 e. The number of thioether (sulfide) groups is 1. The van der Waals surface area contributed by atoms with Gasteiger partial charge in [-0.15, -0.1) is 11.3 Å². The number of nitrogens with zero attached hydrogens (tertiary/aromatic N) is 1. The van der Waals surface area contributed by atoms with Crippen molar-refractivity contribution in [2.45, 2.75) is 24.6 Å². The van der Waals surface area contributed by atoms with Gasteiger partial charge in [0.2, 0.25) is 0 Å². The Morgan fingerprint density at radius 2 is 2.20 bits per heavy atom. The Kier molecular flexibility index (Phi) is 3.32. The van der Waals surface area contributed by atoms with Gasteiger partial charge in [0.05, 0.1) is 10.2 Å². The highest BCUT2D eigenvalue weighted by Crippen LogP contribution is 2.29. The van der Waals surface area contributed by atoms with Crippen LogP contribution in [-0.2, 0) is 6.42 Å². The van der Waals surface area contributed by atoms with Crippen molar-refractivity contribution in [1.82, 2.24) is 4.98 Å². The average molecular weight is 237 g/mol. The third-order valence-electron chi connectivity index (χ3n) is 2.25. The fourth-order valence-corrected chi connectivity index (χ4v) is 3.19. The first-order valence-corrected chi connectivity index (χ1v) is 7.16. The first-order chi connectivity index (χ1) is 7.19. The number of benzene rings is 1. The molecule has 1 aromatic heterocycles. The summed E-state index contributed by atoms with van der Waals surface area (Å²) < 4.78 is 2.48. The number of hydrogen-bond acceptors (Lipinski definition) is 3. The minimum absolute atomic E-state index is 0.718. The van der Waals surface area contributed by atoms with Crippen molar-refractivity contribution >= 4 is 33.3 Å². The Morgan fingerprint density at radius 1 is 1.40 bits per heavy atom. The third kappa shape index (κ3) is 2.52. The number of thiazole rings is 1. The largest absolute Gasteiger partial charge is 0.230 e. The van der Waals surface area contributed by atoms with Gasteiger partial charge in [0.1, 0.15) is 0 Å². The molecular weight excluding hydrogens is 222 g/mol. The van der Waals surface area contributed by atoms with Crippen LogP contribution < -0.4 is 0 Å². The quantitative estimate of drug-likeness (QED) is 0.741. The zero-order chi connectivity index (χ0) is 10.8. The monoisotopic (exact) mass is 237 g/mol. The molecule has 0 fully saturated rings. The number of aromatic nitrogens is 1. The molecule has 2 aromatic rings. The van der Waals surface area contributed by atoms with Gasteiger partial charge in [-0.25, -0.2) is 4.98 Å². The molecule has 0 saturated carbocycles. The molecular formula is C12H15NS2. The molecule has 3 heteroatoms. The minimum Gasteiger partial charge on any atom is -0.230 e. The lowest BCUT2D eigenvalue weighted by molar-refractivity contribution is 0.648. The van der Waals surface area contributed by atoms with Crippen LogP contribution in [0, 0.1) is 5.92 Å². The Labute approximate surface area is 98.9 Å². The van der Waals surface area contributed by atoms with E-state index in [1.807, 2.05) is 0 Å². The van der Waals surface area contributed by atoms with Crippen LogP contribution in [0.3, 0.4) is 0 Å². The second-order valence-corrected chi connectivity index (χ2v) is 6.17. The van der Waals surface area contributed by atoms with Crippen LogP contribution in [0.5, 0.6) is 0 Å². The molecule has 0 aliphatic heterocycles. The average Bonchev–Trinajstić information content (AvgIpc) is 2.58. The topological polar surface area (TPSA) is 12.9 Å². The lowest BCUT2D eigenvalue weighted by Crippen LogP contribution is -1.92. The SMILES string of the molecule is CSc1nc2ccc(CC(C)C)cc2s1. The zero-order valence-corrected chi connectivity index (χ0v) is 10.9. The normalized spacial score (nSPS) is 11.5. The molecule has 0 spiro atoms. The van der Waals surface area contributed by atoms with Gasteiger partial charge >= 0.3 is 0 Å². The molecule has 0 saturated heterocycles. The van der Waals surface area contributed by atoms with Gasteiger partial charge in [-0.1, -0.05) is 31.7 Å². The molecule has 0 radical (unpaired) electrons. The van der Waals surface area contributed by atoms with Crippen molar-refractivity contribution in [1.29, 1.82) is 0 Å². The molecule has 0 aliphatic carbocycles. The van der Waals surface area contributed by atoms with E-state index in [4.69, 9.17) is 0 Å². The predicted octanol–water partition coefficient (Wildman–Crippen LogP) is 4.22. The third-order valence-corrected chi connectivity index (χ3v) is 4.26. The predicted molar refractivity (Wildman–Crippen MR) is 69.9 cm³/mol. The summed E-state index contributed by atoms with van der Waals surface area (Å²) in [4.78, 5) is 4.53. The maximum atomic E-state index is 4.53. The van der Waals surface area contributed by atoms with Gasteiger partial charge in [-0.05, 0) is 36.3 Å². The van der Waals surface area contributed by atoms with Crippen LogP contribution in [0.1, 0.15) is 19.4 Å². The summed E-state index contributed by atoms with van der Waals surface area (Å²) in [6, 6.07) is 6.63. The second-order valence-electron chi connectivity index (χ2n) is 4.08. The summed E-state index contributed by atoms with van der Waals surface area (Å²) >= 11 is 3.51. The van der Waals surface area contributed by atoms with E-state index in [9.17, 15) is 0 Å². The molecule has 0 amide bonds. The fraction of sp³-hybridized carbons (Fsp3) is 0.417. The van der Waals surface area contributed by atoms with E-state index < -0.39 is 0 Å². The number of rotatable bonds is 3. The highest BCUT2D eigenvalue weighted by atomic mass is 32.2. The Hall–Kier alpha value is -0.540. The molecule has 0 atom stereocenters. The Balaban J connectivity index is 2.37. The van der Waals surface area contributed by atoms with Crippen LogP contribution >= 0.6 is 23.1 Å². The van der Waals surface area contributed by atoms with Crippen molar-refractivity contribution in [2.24, 2.45) is 5.92 Å². The molecule has 0 N–H and O–H groups in total. The maximum absolute atomic E-state index is 4.53. The maximum Gasteiger partial charge on any atom is 0.150 e. The van der Waals surface area contributed by atoms with Crippen LogP contribution in [0.2, 0.25) is 0 Å². The molecule has 1 nitrogen and oxygen atoms in total. The molecule has 0 aliphatic rings. The van der Waals surface area contributed by atoms with Crippen molar-refractivity contribution in [3.63, 3.8) is 0 Å². The van der Waals surface area contributed by atoms with Crippen molar-refractivity contribution in [3.8, 4) is 0 Å². The fourth-order valence-electron chi connectivity index (χ4n) is 1.63.